The summed E-state index contributed by atoms with van der Waals surface area (Å²) in [5.41, 5.74) is 6.97. The Morgan fingerprint density at radius 1 is 1.38 bits per heavy atom. The number of carbonyl (C=O) groups is 1. The molecule has 1 amide bonds. The number of alkyl carbamates (subject to hydrolysis) is 1. The predicted octanol–water partition coefficient (Wildman–Crippen LogP) is 3.39. The highest BCUT2D eigenvalue weighted by Gasteiger charge is 2.76. The summed E-state index contributed by atoms with van der Waals surface area (Å²) in [6.45, 7) is 8.53. The van der Waals surface area contributed by atoms with Crippen LogP contribution in [0, 0.1) is 23.2 Å². The maximum atomic E-state index is 12.2. The van der Waals surface area contributed by atoms with Gasteiger partial charge in [0.05, 0.1) is 0 Å². The van der Waals surface area contributed by atoms with Crippen LogP contribution in [0.5, 0.6) is 0 Å². The van der Waals surface area contributed by atoms with E-state index in [-0.39, 0.29) is 17.4 Å². The third-order valence-corrected chi connectivity index (χ3v) is 7.84. The molecule has 1 saturated heterocycles. The largest absolute Gasteiger partial charge is 0.446 e. The van der Waals surface area contributed by atoms with E-state index in [0.717, 1.165) is 31.6 Å². The van der Waals surface area contributed by atoms with Gasteiger partial charge in [0, 0.05) is 36.3 Å². The fourth-order valence-corrected chi connectivity index (χ4v) is 6.54. The van der Waals surface area contributed by atoms with Gasteiger partial charge in [0.2, 0.25) is 11.6 Å². The molecule has 7 nitrogen and oxygen atoms in total. The molecule has 0 aromatic rings. The van der Waals surface area contributed by atoms with Crippen molar-refractivity contribution in [3.63, 3.8) is 0 Å². The summed E-state index contributed by atoms with van der Waals surface area (Å²) in [5.74, 6) is -0.105. The van der Waals surface area contributed by atoms with Crippen LogP contribution in [0.15, 0.2) is 11.6 Å². The molecule has 0 bridgehead atoms. The highest BCUT2D eigenvalue weighted by atomic mass is 17.3. The van der Waals surface area contributed by atoms with Gasteiger partial charge in [-0.1, -0.05) is 25.5 Å². The minimum absolute atomic E-state index is 0.0409. The second-order valence-electron chi connectivity index (χ2n) is 10.9. The SMILES string of the molecule is CC1C=C2CC3CC(C)(C23)C12OOC1(CCCC(OC(=O)NCC(C)(C)N)C1)O2. The van der Waals surface area contributed by atoms with Crippen LogP contribution in [0.4, 0.5) is 4.79 Å². The van der Waals surface area contributed by atoms with Gasteiger partial charge in [0.15, 0.2) is 0 Å². The molecular formula is C22H34N2O5. The van der Waals surface area contributed by atoms with Crippen molar-refractivity contribution in [1.82, 2.24) is 5.32 Å². The van der Waals surface area contributed by atoms with Crippen molar-refractivity contribution < 1.29 is 24.0 Å². The zero-order valence-electron chi connectivity index (χ0n) is 18.0. The topological polar surface area (TPSA) is 92.0 Å². The van der Waals surface area contributed by atoms with E-state index in [2.05, 4.69) is 25.2 Å². The van der Waals surface area contributed by atoms with Crippen molar-refractivity contribution in [3.8, 4) is 0 Å². The van der Waals surface area contributed by atoms with Crippen LogP contribution in [0.1, 0.15) is 66.2 Å². The number of allylic oxidation sites excluding steroid dienone is 1. The van der Waals surface area contributed by atoms with E-state index in [1.54, 1.807) is 5.57 Å². The summed E-state index contributed by atoms with van der Waals surface area (Å²) >= 11 is 0. The molecule has 0 aromatic carbocycles. The number of amides is 1. The lowest BCUT2D eigenvalue weighted by Crippen LogP contribution is -2.70. The molecular weight excluding hydrogens is 372 g/mol. The third-order valence-electron chi connectivity index (χ3n) is 7.84. The molecule has 0 radical (unpaired) electrons. The molecule has 29 heavy (non-hydrogen) atoms. The Morgan fingerprint density at radius 3 is 2.90 bits per heavy atom. The van der Waals surface area contributed by atoms with E-state index < -0.39 is 23.2 Å². The van der Waals surface area contributed by atoms with Gasteiger partial charge in [-0.25, -0.2) is 4.79 Å². The van der Waals surface area contributed by atoms with Crippen LogP contribution in [-0.2, 0) is 19.2 Å². The highest BCUT2D eigenvalue weighted by molar-refractivity contribution is 5.67. The molecule has 162 valence electrons. The first-order valence-electron chi connectivity index (χ1n) is 11.1. The molecule has 3 N–H and O–H groups in total. The second-order valence-corrected chi connectivity index (χ2v) is 10.9. The van der Waals surface area contributed by atoms with Crippen LogP contribution < -0.4 is 11.1 Å². The fourth-order valence-electron chi connectivity index (χ4n) is 6.54. The fraction of sp³-hybridized carbons (Fsp3) is 0.864. The lowest BCUT2D eigenvalue weighted by Gasteiger charge is -2.69. The predicted molar refractivity (Wildman–Crippen MR) is 105 cm³/mol. The van der Waals surface area contributed by atoms with E-state index in [1.807, 2.05) is 13.8 Å². The first-order valence-corrected chi connectivity index (χ1v) is 11.1. The molecule has 2 spiro atoms. The molecule has 7 unspecified atom stereocenters. The Morgan fingerprint density at radius 2 is 2.17 bits per heavy atom. The van der Waals surface area contributed by atoms with E-state index in [1.165, 1.54) is 6.42 Å². The Bertz CT molecular complexity index is 748. The number of nitrogens with two attached hydrogens (primary N) is 1. The van der Waals surface area contributed by atoms with E-state index in [0.29, 0.717) is 18.9 Å². The molecule has 1 aliphatic heterocycles. The summed E-state index contributed by atoms with van der Waals surface area (Å²) in [6, 6.07) is 0. The van der Waals surface area contributed by atoms with E-state index in [4.69, 9.17) is 25.0 Å². The van der Waals surface area contributed by atoms with Crippen LogP contribution in [0.2, 0.25) is 0 Å². The summed E-state index contributed by atoms with van der Waals surface area (Å²) in [6.07, 6.45) is 6.87. The molecule has 5 rings (SSSR count). The smallest absolute Gasteiger partial charge is 0.407 e. The Hall–Kier alpha value is -1.15. The standard InChI is InChI=1S/C22H34N2O5/c1-13-8-14-9-15-10-20(4,17(14)15)22(13)27-21(28-29-22)7-5-6-16(11-21)26-18(25)24-12-19(2,3)23/h8,13,15-17H,5-7,9-12,23H2,1-4H3,(H,24,25). The average molecular weight is 407 g/mol. The first-order chi connectivity index (χ1) is 13.6. The Kier molecular flexibility index (Phi) is 4.22. The number of nitrogens with one attached hydrogen (secondary N) is 1. The summed E-state index contributed by atoms with van der Waals surface area (Å²) in [5, 5.41) is 2.74. The number of rotatable bonds is 3. The van der Waals surface area contributed by atoms with Gasteiger partial charge in [-0.2, -0.15) is 9.78 Å². The Labute approximate surface area is 172 Å². The van der Waals surface area contributed by atoms with Crippen molar-refractivity contribution >= 4 is 6.09 Å². The maximum Gasteiger partial charge on any atom is 0.407 e. The number of carbonyl (C=O) groups excluding carboxylic acids is 1. The molecule has 7 heteroatoms. The van der Waals surface area contributed by atoms with Crippen LogP contribution in [0.25, 0.3) is 0 Å². The zero-order valence-corrected chi connectivity index (χ0v) is 18.0. The van der Waals surface area contributed by atoms with Crippen molar-refractivity contribution in [2.24, 2.45) is 28.9 Å². The lowest BCUT2D eigenvalue weighted by molar-refractivity contribution is -0.405. The lowest BCUT2D eigenvalue weighted by atomic mass is 9.37. The van der Waals surface area contributed by atoms with Crippen LogP contribution in [-0.4, -0.2) is 35.9 Å². The Balaban J connectivity index is 1.27. The summed E-state index contributed by atoms with van der Waals surface area (Å²) in [7, 11) is 0. The van der Waals surface area contributed by atoms with Gasteiger partial charge in [-0.15, -0.1) is 0 Å². The number of ether oxygens (including phenoxy) is 2. The van der Waals surface area contributed by atoms with Crippen LogP contribution >= 0.6 is 0 Å². The van der Waals surface area contributed by atoms with Gasteiger partial charge in [0.1, 0.15) is 6.10 Å². The second kappa shape index (κ2) is 6.19. The third kappa shape index (κ3) is 2.88. The van der Waals surface area contributed by atoms with Gasteiger partial charge in [-0.05, 0) is 51.4 Å². The summed E-state index contributed by atoms with van der Waals surface area (Å²) < 4.78 is 12.4. The van der Waals surface area contributed by atoms with Crippen molar-refractivity contribution in [2.45, 2.75) is 89.4 Å². The molecule has 1 heterocycles. The normalized spacial score (nSPS) is 47.8. The first kappa shape index (κ1) is 19.8. The minimum Gasteiger partial charge on any atom is -0.446 e. The monoisotopic (exact) mass is 406 g/mol. The van der Waals surface area contributed by atoms with Gasteiger partial charge >= 0.3 is 6.09 Å². The maximum absolute atomic E-state index is 12.2. The quantitative estimate of drug-likeness (QED) is 0.551. The van der Waals surface area contributed by atoms with Gasteiger partial charge < -0.3 is 20.5 Å². The van der Waals surface area contributed by atoms with Crippen molar-refractivity contribution in [3.05, 3.63) is 11.6 Å². The highest BCUT2D eigenvalue weighted by Crippen LogP contribution is 2.74. The van der Waals surface area contributed by atoms with Crippen molar-refractivity contribution in [1.29, 1.82) is 0 Å². The zero-order chi connectivity index (χ0) is 20.7. The number of hydrogen-bond acceptors (Lipinski definition) is 6. The molecule has 3 saturated carbocycles. The molecule has 0 aromatic heterocycles. The average Bonchev–Trinajstić information content (AvgIpc) is 2.97. The molecule has 4 aliphatic carbocycles. The van der Waals surface area contributed by atoms with Crippen LogP contribution in [0.3, 0.4) is 0 Å². The van der Waals surface area contributed by atoms with E-state index in [9.17, 15) is 4.79 Å². The van der Waals surface area contributed by atoms with Crippen molar-refractivity contribution in [2.75, 3.05) is 6.54 Å². The minimum atomic E-state index is -0.840. The molecule has 5 aliphatic rings. The van der Waals surface area contributed by atoms with Gasteiger partial charge in [-0.3, -0.25) is 0 Å². The number of hydrogen-bond donors (Lipinski definition) is 2. The molecule has 7 atom stereocenters. The van der Waals surface area contributed by atoms with E-state index >= 15 is 0 Å². The number of fused-ring (bicyclic) bond motifs is 1. The van der Waals surface area contributed by atoms with Gasteiger partial charge in [0.25, 0.3) is 0 Å². The summed E-state index contributed by atoms with van der Waals surface area (Å²) in [4.78, 5) is 24.2. The molecule has 4 fully saturated rings.